The molecule has 5 heteroatoms. The molecule has 2 rings (SSSR count). The van der Waals surface area contributed by atoms with Crippen molar-refractivity contribution in [3.8, 4) is 0 Å². The highest BCUT2D eigenvalue weighted by atomic mass is 35.5. The summed E-state index contributed by atoms with van der Waals surface area (Å²) < 4.78 is 0. The molecule has 0 spiro atoms. The van der Waals surface area contributed by atoms with Crippen LogP contribution in [0.15, 0.2) is 22.5 Å². The van der Waals surface area contributed by atoms with Gasteiger partial charge in [-0.05, 0) is 17.9 Å². The third-order valence-corrected chi connectivity index (χ3v) is 3.03. The van der Waals surface area contributed by atoms with Crippen LogP contribution >= 0.6 is 11.3 Å². The number of hydrogen-bond donors (Lipinski definition) is 1. The first-order valence-corrected chi connectivity index (χ1v) is 5.58. The van der Waals surface area contributed by atoms with Crippen LogP contribution in [0.25, 0.3) is 0 Å². The Hall–Kier alpha value is -0.870. The maximum atomic E-state index is 11.6. The number of nitrogens with one attached hydrogen (secondary N) is 1. The number of aliphatic imine (C=N–C) groups is 1. The summed E-state index contributed by atoms with van der Waals surface area (Å²) in [6, 6.07) is 3.75. The summed E-state index contributed by atoms with van der Waals surface area (Å²) >= 11 is 1.48. The first-order chi connectivity index (χ1) is 6.86. The number of rotatable bonds is 3. The molecule has 0 saturated heterocycles. The second-order valence-electron chi connectivity index (χ2n) is 3.19. The smallest absolute Gasteiger partial charge is 0.191 e. The Kier molecular flexibility index (Phi) is 4.78. The zero-order valence-corrected chi connectivity index (χ0v) is 9.77. The Labute approximate surface area is 99.0 Å². The highest BCUT2D eigenvalue weighted by molar-refractivity contribution is 7.12. The molecule has 82 valence electrons. The van der Waals surface area contributed by atoms with Gasteiger partial charge in [-0.2, -0.15) is 0 Å². The molecular formula is C10H12ClN2OS-. The van der Waals surface area contributed by atoms with E-state index in [0.717, 1.165) is 30.1 Å². The molecule has 2 heterocycles. The molecule has 1 aromatic heterocycles. The molecule has 1 N–H and O–H groups in total. The zero-order valence-electron chi connectivity index (χ0n) is 8.20. The van der Waals surface area contributed by atoms with Crippen molar-refractivity contribution in [2.75, 3.05) is 13.1 Å². The van der Waals surface area contributed by atoms with E-state index >= 15 is 0 Å². The van der Waals surface area contributed by atoms with Crippen LogP contribution in [0.5, 0.6) is 0 Å². The van der Waals surface area contributed by atoms with Gasteiger partial charge >= 0.3 is 0 Å². The number of carbonyl (C=O) groups excluding carboxylic acids is 1. The quantitative estimate of drug-likeness (QED) is 0.672. The summed E-state index contributed by atoms with van der Waals surface area (Å²) in [5.41, 5.74) is 0. The van der Waals surface area contributed by atoms with Crippen molar-refractivity contribution in [2.24, 2.45) is 4.99 Å². The summed E-state index contributed by atoms with van der Waals surface area (Å²) in [5.74, 6) is 1.13. The Morgan fingerprint density at radius 2 is 2.47 bits per heavy atom. The summed E-state index contributed by atoms with van der Waals surface area (Å²) in [7, 11) is 0. The molecule has 0 radical (unpaired) electrons. The second kappa shape index (κ2) is 5.88. The Morgan fingerprint density at radius 3 is 3.07 bits per heavy atom. The lowest BCUT2D eigenvalue weighted by Gasteiger charge is -2.02. The summed E-state index contributed by atoms with van der Waals surface area (Å²) in [6.07, 6.45) is 2.09. The van der Waals surface area contributed by atoms with Crippen LogP contribution in [-0.2, 0) is 0 Å². The molecular weight excluding hydrogens is 232 g/mol. The Morgan fingerprint density at radius 1 is 1.60 bits per heavy atom. The molecule has 0 saturated carbocycles. The van der Waals surface area contributed by atoms with Crippen LogP contribution < -0.4 is 17.7 Å². The zero-order chi connectivity index (χ0) is 9.80. The van der Waals surface area contributed by atoms with Crippen LogP contribution in [0.2, 0.25) is 0 Å². The topological polar surface area (TPSA) is 41.5 Å². The van der Waals surface area contributed by atoms with E-state index in [-0.39, 0.29) is 18.2 Å². The van der Waals surface area contributed by atoms with E-state index in [4.69, 9.17) is 0 Å². The number of carbonyl (C=O) groups is 1. The van der Waals surface area contributed by atoms with Crippen molar-refractivity contribution in [3.05, 3.63) is 22.4 Å². The highest BCUT2D eigenvalue weighted by Crippen LogP contribution is 2.09. The van der Waals surface area contributed by atoms with Crippen molar-refractivity contribution < 1.29 is 17.2 Å². The lowest BCUT2D eigenvalue weighted by molar-refractivity contribution is -0.0000105. The molecule has 0 fully saturated rings. The Balaban J connectivity index is 0.00000112. The SMILES string of the molecule is O=C(CNC1=NCCC1)c1cccs1.[Cl-]. The van der Waals surface area contributed by atoms with Crippen molar-refractivity contribution >= 4 is 23.0 Å². The lowest BCUT2D eigenvalue weighted by atomic mass is 10.3. The summed E-state index contributed by atoms with van der Waals surface area (Å²) in [4.78, 5) is 16.6. The van der Waals surface area contributed by atoms with Gasteiger partial charge in [-0.25, -0.2) is 0 Å². The van der Waals surface area contributed by atoms with Gasteiger partial charge in [0.2, 0.25) is 0 Å². The standard InChI is InChI=1S/C10H12N2OS.ClH/c13-8(9-3-2-6-14-9)7-12-10-4-1-5-11-10;/h2-3,6H,1,4-5,7H2,(H,11,12);1H/p-1. The van der Waals surface area contributed by atoms with E-state index in [1.54, 1.807) is 0 Å². The molecule has 0 unspecified atom stereocenters. The third-order valence-electron chi connectivity index (χ3n) is 2.12. The van der Waals surface area contributed by atoms with Gasteiger partial charge in [0.25, 0.3) is 0 Å². The van der Waals surface area contributed by atoms with E-state index in [0.29, 0.717) is 6.54 Å². The maximum Gasteiger partial charge on any atom is 0.191 e. The monoisotopic (exact) mass is 243 g/mol. The highest BCUT2D eigenvalue weighted by Gasteiger charge is 2.09. The summed E-state index contributed by atoms with van der Waals surface area (Å²) in [6.45, 7) is 1.27. The van der Waals surface area contributed by atoms with Gasteiger partial charge in [0, 0.05) is 13.0 Å². The van der Waals surface area contributed by atoms with Gasteiger partial charge in [0.15, 0.2) is 5.78 Å². The number of thiophene rings is 1. The number of Topliss-reactive ketones (excluding diaryl/α,β-unsaturated/α-hetero) is 1. The number of nitrogens with zero attached hydrogens (tertiary/aromatic N) is 1. The molecule has 0 bridgehead atoms. The van der Waals surface area contributed by atoms with E-state index in [1.165, 1.54) is 11.3 Å². The van der Waals surface area contributed by atoms with E-state index in [2.05, 4.69) is 10.3 Å². The molecule has 0 atom stereocenters. The third kappa shape index (κ3) is 3.32. The maximum absolute atomic E-state index is 11.6. The van der Waals surface area contributed by atoms with Gasteiger partial charge < -0.3 is 17.7 Å². The molecule has 1 aliphatic heterocycles. The number of halogens is 1. The second-order valence-corrected chi connectivity index (χ2v) is 4.13. The van der Waals surface area contributed by atoms with E-state index in [9.17, 15) is 4.79 Å². The molecule has 1 aromatic rings. The van der Waals surface area contributed by atoms with Crippen LogP contribution in [0.3, 0.4) is 0 Å². The molecule has 0 aromatic carbocycles. The van der Waals surface area contributed by atoms with Gasteiger partial charge in [0.1, 0.15) is 0 Å². The van der Waals surface area contributed by atoms with E-state index in [1.807, 2.05) is 17.5 Å². The first-order valence-electron chi connectivity index (χ1n) is 4.70. The molecule has 0 aliphatic carbocycles. The molecule has 0 amide bonds. The normalized spacial score (nSPS) is 14.3. The van der Waals surface area contributed by atoms with Gasteiger partial charge in [0.05, 0.1) is 17.3 Å². The fourth-order valence-electron chi connectivity index (χ4n) is 1.39. The minimum atomic E-state index is 0. The van der Waals surface area contributed by atoms with Crippen LogP contribution in [0, 0.1) is 0 Å². The van der Waals surface area contributed by atoms with Crippen LogP contribution in [-0.4, -0.2) is 24.7 Å². The number of amidine groups is 1. The van der Waals surface area contributed by atoms with Gasteiger partial charge in [-0.3, -0.25) is 9.79 Å². The predicted molar refractivity (Wildman–Crippen MR) is 58.2 cm³/mol. The fourth-order valence-corrected chi connectivity index (χ4v) is 2.06. The van der Waals surface area contributed by atoms with Crippen LogP contribution in [0.4, 0.5) is 0 Å². The Bertz CT molecular complexity index is 348. The van der Waals surface area contributed by atoms with Crippen molar-refractivity contribution in [1.29, 1.82) is 0 Å². The molecule has 3 nitrogen and oxygen atoms in total. The number of ketones is 1. The number of hydrogen-bond acceptors (Lipinski definition) is 4. The van der Waals surface area contributed by atoms with E-state index < -0.39 is 0 Å². The van der Waals surface area contributed by atoms with Gasteiger partial charge in [-0.1, -0.05) is 6.07 Å². The minimum Gasteiger partial charge on any atom is -1.00 e. The van der Waals surface area contributed by atoms with Gasteiger partial charge in [-0.15, -0.1) is 11.3 Å². The minimum absolute atomic E-state index is 0. The average Bonchev–Trinajstić information content (AvgIpc) is 2.87. The largest absolute Gasteiger partial charge is 1.00 e. The predicted octanol–water partition coefficient (Wildman–Crippen LogP) is -1.28. The molecule has 15 heavy (non-hydrogen) atoms. The average molecular weight is 244 g/mol. The first kappa shape index (κ1) is 12.2. The fraction of sp³-hybridized carbons (Fsp3) is 0.400. The van der Waals surface area contributed by atoms with Crippen molar-refractivity contribution in [1.82, 2.24) is 5.32 Å². The van der Waals surface area contributed by atoms with Crippen LogP contribution in [0.1, 0.15) is 22.5 Å². The lowest BCUT2D eigenvalue weighted by Crippen LogP contribution is -3.00. The van der Waals surface area contributed by atoms with Crippen molar-refractivity contribution in [2.45, 2.75) is 12.8 Å². The van der Waals surface area contributed by atoms with Crippen molar-refractivity contribution in [3.63, 3.8) is 0 Å². The summed E-state index contributed by atoms with van der Waals surface area (Å²) in [5, 5.41) is 4.99. The molecule has 1 aliphatic rings.